The Morgan fingerprint density at radius 2 is 1.88 bits per heavy atom. The summed E-state index contributed by atoms with van der Waals surface area (Å²) < 4.78 is 28.3. The summed E-state index contributed by atoms with van der Waals surface area (Å²) in [5.74, 6) is -1.80. The van der Waals surface area contributed by atoms with Gasteiger partial charge in [0.05, 0.1) is 18.9 Å². The molecular formula is C17H24F2N2O4. The molecule has 6 nitrogen and oxygen atoms in total. The van der Waals surface area contributed by atoms with Crippen LogP contribution in [-0.2, 0) is 9.59 Å². The van der Waals surface area contributed by atoms with Crippen molar-refractivity contribution in [3.05, 3.63) is 24.3 Å². The standard InChI is InChI=1S/C17H24F2N2O4/c1-2-3-4-5-10-20-14(16(23)24)11-15(22)21-12-6-8-13(9-7-12)25-17(18)19/h6-9,14,17,20H,2-5,10-11H2,1H3,(H,21,22)(H,23,24)/t14-/m0/s1. The lowest BCUT2D eigenvalue weighted by Gasteiger charge is -2.16. The van der Waals surface area contributed by atoms with Crippen LogP contribution in [0.5, 0.6) is 5.75 Å². The van der Waals surface area contributed by atoms with Crippen LogP contribution in [0.15, 0.2) is 24.3 Å². The average molecular weight is 358 g/mol. The van der Waals surface area contributed by atoms with Crippen LogP contribution in [-0.4, -0.2) is 31.1 Å². The van der Waals surface area contributed by atoms with Crippen molar-refractivity contribution in [1.29, 1.82) is 0 Å². The number of carboxylic acids is 1. The highest BCUT2D eigenvalue weighted by Crippen LogP contribution is 2.17. The minimum atomic E-state index is -2.92. The smallest absolute Gasteiger partial charge is 0.387 e. The van der Waals surface area contributed by atoms with Gasteiger partial charge in [0.15, 0.2) is 0 Å². The van der Waals surface area contributed by atoms with Crippen LogP contribution in [0.1, 0.15) is 39.0 Å². The van der Waals surface area contributed by atoms with E-state index in [9.17, 15) is 23.5 Å². The number of carbonyl (C=O) groups is 2. The fourth-order valence-electron chi connectivity index (χ4n) is 2.28. The summed E-state index contributed by atoms with van der Waals surface area (Å²) in [5, 5.41) is 15.3. The number of nitrogens with two attached hydrogens (primary N) is 1. The second-order valence-electron chi connectivity index (χ2n) is 5.67. The fourth-order valence-corrected chi connectivity index (χ4v) is 2.28. The molecule has 3 N–H and O–H groups in total. The molecule has 8 heteroatoms. The molecule has 0 radical (unpaired) electrons. The number of nitrogens with one attached hydrogen (secondary N) is 1. The molecule has 0 spiro atoms. The molecule has 1 atom stereocenters. The van der Waals surface area contributed by atoms with E-state index < -0.39 is 24.5 Å². The van der Waals surface area contributed by atoms with Crippen molar-refractivity contribution < 1.29 is 33.5 Å². The molecule has 0 aliphatic rings. The first-order valence-electron chi connectivity index (χ1n) is 8.31. The molecule has 0 unspecified atom stereocenters. The number of amides is 1. The van der Waals surface area contributed by atoms with Crippen molar-refractivity contribution >= 4 is 17.6 Å². The van der Waals surface area contributed by atoms with Gasteiger partial charge < -0.3 is 25.3 Å². The number of anilines is 1. The molecule has 140 valence electrons. The third-order valence-electron chi connectivity index (χ3n) is 3.58. The number of quaternary nitrogens is 1. The summed E-state index contributed by atoms with van der Waals surface area (Å²) in [6.07, 6.45) is 3.85. The van der Waals surface area contributed by atoms with E-state index in [-0.39, 0.29) is 12.2 Å². The number of hydrogen-bond acceptors (Lipinski definition) is 4. The Balaban J connectivity index is 2.44. The first kappa shape index (κ1) is 20.8. The van der Waals surface area contributed by atoms with Gasteiger partial charge in [0, 0.05) is 5.69 Å². The van der Waals surface area contributed by atoms with Gasteiger partial charge >= 0.3 is 6.61 Å². The summed E-state index contributed by atoms with van der Waals surface area (Å²) in [7, 11) is 0. The molecule has 1 aromatic carbocycles. The lowest BCUT2D eigenvalue weighted by Crippen LogP contribution is -2.93. The first-order valence-corrected chi connectivity index (χ1v) is 8.31. The molecule has 0 heterocycles. The zero-order chi connectivity index (χ0) is 18.7. The Morgan fingerprint density at radius 1 is 1.20 bits per heavy atom. The van der Waals surface area contributed by atoms with Crippen LogP contribution in [0.25, 0.3) is 0 Å². The monoisotopic (exact) mass is 358 g/mol. The van der Waals surface area contributed by atoms with E-state index in [4.69, 9.17) is 0 Å². The highest BCUT2D eigenvalue weighted by Gasteiger charge is 2.18. The van der Waals surface area contributed by atoms with Crippen LogP contribution in [0, 0.1) is 0 Å². The molecule has 1 rings (SSSR count). The maximum absolute atomic E-state index is 12.1. The van der Waals surface area contributed by atoms with Crippen LogP contribution < -0.4 is 20.5 Å². The Kier molecular flexibility index (Phi) is 9.46. The highest BCUT2D eigenvalue weighted by molar-refractivity contribution is 5.93. The third-order valence-corrected chi connectivity index (χ3v) is 3.58. The van der Waals surface area contributed by atoms with Gasteiger partial charge in [-0.05, 0) is 37.1 Å². The third kappa shape index (κ3) is 8.99. The van der Waals surface area contributed by atoms with Crippen LogP contribution in [0.2, 0.25) is 0 Å². The fraction of sp³-hybridized carbons (Fsp3) is 0.529. The van der Waals surface area contributed by atoms with E-state index in [2.05, 4.69) is 17.0 Å². The van der Waals surface area contributed by atoms with Crippen molar-refractivity contribution in [2.45, 2.75) is 51.7 Å². The summed E-state index contributed by atoms with van der Waals surface area (Å²) in [5.41, 5.74) is 0.367. The topological polar surface area (TPSA) is 95.1 Å². The number of halogens is 2. The molecule has 1 aromatic rings. The number of benzene rings is 1. The second kappa shape index (κ2) is 11.4. The minimum Gasteiger partial charge on any atom is -0.544 e. The van der Waals surface area contributed by atoms with E-state index >= 15 is 0 Å². The molecule has 0 bridgehead atoms. The van der Waals surface area contributed by atoms with E-state index in [1.165, 1.54) is 24.3 Å². The number of rotatable bonds is 12. The van der Waals surface area contributed by atoms with Gasteiger partial charge in [0.25, 0.3) is 0 Å². The lowest BCUT2D eigenvalue weighted by molar-refractivity contribution is -0.682. The Bertz CT molecular complexity index is 538. The van der Waals surface area contributed by atoms with Crippen LogP contribution in [0.4, 0.5) is 14.5 Å². The lowest BCUT2D eigenvalue weighted by atomic mass is 10.1. The number of alkyl halides is 2. The van der Waals surface area contributed by atoms with Crippen LogP contribution in [0.3, 0.4) is 0 Å². The van der Waals surface area contributed by atoms with Gasteiger partial charge in [-0.15, -0.1) is 0 Å². The van der Waals surface area contributed by atoms with Crippen molar-refractivity contribution in [1.82, 2.24) is 0 Å². The van der Waals surface area contributed by atoms with Gasteiger partial charge in [-0.25, -0.2) is 0 Å². The Labute approximate surface area is 145 Å². The maximum atomic E-state index is 12.1. The Hall–Kier alpha value is -2.22. The summed E-state index contributed by atoms with van der Waals surface area (Å²) >= 11 is 0. The van der Waals surface area contributed by atoms with Crippen molar-refractivity contribution in [3.8, 4) is 5.75 Å². The van der Waals surface area contributed by atoms with Gasteiger partial charge in [-0.3, -0.25) is 4.79 Å². The van der Waals surface area contributed by atoms with Crippen LogP contribution >= 0.6 is 0 Å². The predicted octanol–water partition coefficient (Wildman–Crippen LogP) is 0.879. The molecule has 0 aliphatic heterocycles. The maximum Gasteiger partial charge on any atom is 0.387 e. The summed E-state index contributed by atoms with van der Waals surface area (Å²) in [6.45, 7) is -0.215. The van der Waals surface area contributed by atoms with Gasteiger partial charge in [-0.2, -0.15) is 8.78 Å². The van der Waals surface area contributed by atoms with E-state index in [0.29, 0.717) is 12.2 Å². The summed E-state index contributed by atoms with van der Waals surface area (Å²) in [6, 6.07) is 4.43. The number of unbranched alkanes of at least 4 members (excludes halogenated alkanes) is 3. The van der Waals surface area contributed by atoms with Crippen molar-refractivity contribution in [3.63, 3.8) is 0 Å². The zero-order valence-electron chi connectivity index (χ0n) is 14.2. The van der Waals surface area contributed by atoms with Gasteiger partial charge in [-0.1, -0.05) is 19.8 Å². The number of ether oxygens (including phenoxy) is 1. The SMILES string of the molecule is CCCCCC[NH2+][C@@H](CC(=O)Nc1ccc(OC(F)F)cc1)C(=O)[O-]. The van der Waals surface area contributed by atoms with E-state index in [1.54, 1.807) is 5.32 Å². The van der Waals surface area contributed by atoms with Gasteiger partial charge in [0.2, 0.25) is 5.91 Å². The molecule has 25 heavy (non-hydrogen) atoms. The second-order valence-corrected chi connectivity index (χ2v) is 5.67. The molecule has 0 saturated carbocycles. The minimum absolute atomic E-state index is 0.0268. The van der Waals surface area contributed by atoms with Gasteiger partial charge in [0.1, 0.15) is 11.8 Å². The normalized spacial score (nSPS) is 12.0. The molecule has 0 aliphatic carbocycles. The molecule has 0 saturated heterocycles. The molecule has 0 fully saturated rings. The largest absolute Gasteiger partial charge is 0.544 e. The van der Waals surface area contributed by atoms with E-state index in [0.717, 1.165) is 25.7 Å². The number of carbonyl (C=O) groups excluding carboxylic acids is 2. The average Bonchev–Trinajstić information content (AvgIpc) is 2.54. The van der Waals surface area contributed by atoms with Crippen molar-refractivity contribution in [2.75, 3.05) is 11.9 Å². The number of aliphatic carboxylic acids is 1. The molecule has 0 aromatic heterocycles. The number of hydrogen-bond donors (Lipinski definition) is 2. The predicted molar refractivity (Wildman–Crippen MR) is 86.1 cm³/mol. The zero-order valence-corrected chi connectivity index (χ0v) is 14.2. The molecule has 1 amide bonds. The van der Waals surface area contributed by atoms with E-state index in [1.807, 2.05) is 0 Å². The highest BCUT2D eigenvalue weighted by atomic mass is 19.3. The molecular weight excluding hydrogens is 334 g/mol. The number of carboxylic acid groups (broad SMARTS) is 1. The van der Waals surface area contributed by atoms with Crippen molar-refractivity contribution in [2.24, 2.45) is 0 Å². The summed E-state index contributed by atoms with van der Waals surface area (Å²) in [4.78, 5) is 23.1. The quantitative estimate of drug-likeness (QED) is 0.542. The first-order chi connectivity index (χ1) is 11.9. The Morgan fingerprint density at radius 3 is 2.44 bits per heavy atom.